The van der Waals surface area contributed by atoms with Crippen molar-refractivity contribution >= 4 is 99.6 Å². The Balaban J connectivity index is 2.56. The third-order valence-corrected chi connectivity index (χ3v) is 11.5. The number of nitrogens with one attached hydrogen (secondary N) is 9. The number of aliphatic carboxylic acids is 3. The molecule has 0 saturated heterocycles. The van der Waals surface area contributed by atoms with E-state index in [2.05, 4.69) is 47.5 Å². The van der Waals surface area contributed by atoms with E-state index < -0.39 is 189 Å². The summed E-state index contributed by atoms with van der Waals surface area (Å²) in [5.74, 6) is -16.2. The number of benzene rings is 1. The van der Waals surface area contributed by atoms with Gasteiger partial charge in [0.05, 0.1) is 31.6 Å². The normalized spacial score (nSPS) is 15.0. The van der Waals surface area contributed by atoms with Gasteiger partial charge >= 0.3 is 17.9 Å². The van der Waals surface area contributed by atoms with Gasteiger partial charge in [0.15, 0.2) is 0 Å². The molecule has 1 aromatic heterocycles. The molecule has 0 unspecified atom stereocenters. The monoisotopic (exact) mass is 1080 g/mol. The van der Waals surface area contributed by atoms with Crippen molar-refractivity contribution in [1.29, 1.82) is 0 Å². The number of carboxylic acids is 3. The Labute approximate surface area is 431 Å². The molecule has 0 spiro atoms. The highest BCUT2D eigenvalue weighted by Gasteiger charge is 2.37. The maximum atomic E-state index is 14.3. The molecular weight excluding hydrogens is 1020 g/mol. The highest BCUT2D eigenvalue weighted by molar-refractivity contribution is 7.98. The third-order valence-electron chi connectivity index (χ3n) is 10.9. The fourth-order valence-electron chi connectivity index (χ4n) is 6.90. The Bertz CT molecular complexity index is 2420. The molecule has 0 fully saturated rings. The van der Waals surface area contributed by atoms with Gasteiger partial charge in [-0.05, 0) is 56.7 Å². The molecule has 0 aliphatic carbocycles. The Kier molecular flexibility index (Phi) is 26.1. The summed E-state index contributed by atoms with van der Waals surface area (Å²) in [6, 6.07) is -9.00. The van der Waals surface area contributed by atoms with Crippen molar-refractivity contribution in [1.82, 2.24) is 47.5 Å². The molecule has 20 N–H and O–H groups in total. The minimum Gasteiger partial charge on any atom is -0.481 e. The van der Waals surface area contributed by atoms with E-state index in [1.807, 2.05) is 0 Å². The number of thioether (sulfide) groups is 1. The predicted octanol–water partition coefficient (Wildman–Crippen LogP) is -6.37. The number of carboxylic acid groups (broad SMARTS) is 3. The van der Waals surface area contributed by atoms with Crippen molar-refractivity contribution in [2.45, 2.75) is 126 Å². The van der Waals surface area contributed by atoms with Gasteiger partial charge in [0.1, 0.15) is 48.3 Å². The second kappa shape index (κ2) is 31.0. The second-order valence-corrected chi connectivity index (χ2v) is 18.0. The van der Waals surface area contributed by atoms with Crippen LogP contribution in [0.2, 0.25) is 0 Å². The first-order valence-electron chi connectivity index (χ1n) is 22.9. The number of nitrogens with two attached hydrogens (primary N) is 3. The number of H-pyrrole nitrogens is 1. The molecule has 0 aliphatic rings. The van der Waals surface area contributed by atoms with Crippen LogP contribution in [0.1, 0.15) is 64.4 Å². The van der Waals surface area contributed by atoms with Gasteiger partial charge in [0.25, 0.3) is 0 Å². The van der Waals surface area contributed by atoms with Gasteiger partial charge in [-0.1, -0.05) is 18.2 Å². The summed E-state index contributed by atoms with van der Waals surface area (Å²) in [5.41, 5.74) is 17.1. The van der Waals surface area contributed by atoms with E-state index in [0.717, 1.165) is 6.92 Å². The summed E-state index contributed by atoms with van der Waals surface area (Å²) in [5, 5.41) is 67.0. The zero-order valence-electron chi connectivity index (χ0n) is 40.9. The number of carbonyl (C=O) groups excluding carboxylic acids is 10. The number of primary amides is 2. The number of aromatic nitrogens is 1. The maximum Gasteiger partial charge on any atom is 0.326 e. The molecule has 0 aliphatic heterocycles. The lowest BCUT2D eigenvalue weighted by Crippen LogP contribution is -2.62. The average molecular weight is 1080 g/mol. The van der Waals surface area contributed by atoms with Gasteiger partial charge < -0.3 is 90.3 Å². The number of aromatic amines is 1. The van der Waals surface area contributed by atoms with E-state index in [9.17, 15) is 87.9 Å². The first kappa shape index (κ1) is 63.2. The number of carbonyl (C=O) groups is 13. The van der Waals surface area contributed by atoms with Crippen LogP contribution in [0.25, 0.3) is 10.9 Å². The van der Waals surface area contributed by atoms with Crippen LogP contribution in [-0.4, -0.2) is 187 Å². The number of fused-ring (bicyclic) bond motifs is 1. The van der Waals surface area contributed by atoms with Gasteiger partial charge in [-0.3, -0.25) is 57.5 Å². The zero-order valence-corrected chi connectivity index (χ0v) is 41.7. The Morgan fingerprint density at radius 3 is 1.45 bits per heavy atom. The van der Waals surface area contributed by atoms with Gasteiger partial charge in [0.2, 0.25) is 59.1 Å². The lowest BCUT2D eigenvalue weighted by molar-refractivity contribution is -0.143. The smallest absolute Gasteiger partial charge is 0.326 e. The number of rotatable bonds is 34. The Morgan fingerprint density at radius 1 is 0.573 bits per heavy atom. The molecule has 0 bridgehead atoms. The van der Waals surface area contributed by atoms with E-state index in [0.29, 0.717) is 22.2 Å². The molecule has 2 rings (SSSR count). The van der Waals surface area contributed by atoms with Crippen LogP contribution < -0.4 is 59.7 Å². The highest BCUT2D eigenvalue weighted by atomic mass is 32.2. The molecule has 414 valence electrons. The van der Waals surface area contributed by atoms with E-state index >= 15 is 0 Å². The zero-order chi connectivity index (χ0) is 56.7. The topological polar surface area (TPSA) is 513 Å². The van der Waals surface area contributed by atoms with Crippen molar-refractivity contribution in [2.24, 2.45) is 17.2 Å². The molecule has 10 atom stereocenters. The minimum atomic E-state index is -2.03. The largest absolute Gasteiger partial charge is 0.481 e. The first-order valence-corrected chi connectivity index (χ1v) is 24.3. The van der Waals surface area contributed by atoms with E-state index in [1.54, 1.807) is 30.5 Å². The SMILES string of the molecule is CSCC[C@H](NC(=O)[C@@H](NC(=O)[C@H](CCC(=O)O)NC(=O)[C@H](Cc1c[nH]c2ccccc12)NC(=O)[C@H](CC(N)=O)NC(=O)[C@H](CCC(=O)O)NC(=O)[C@H](CC(N)=O)NC(=O)[C@H](CO)NC(=O)[C@H](C)N)[C@@H](C)O)C(=O)O. The van der Waals surface area contributed by atoms with Crippen LogP contribution >= 0.6 is 11.8 Å². The molecular formula is C44H64N12O18S. The maximum absolute atomic E-state index is 14.3. The summed E-state index contributed by atoms with van der Waals surface area (Å²) >= 11 is 1.28. The quantitative estimate of drug-likeness (QED) is 0.0310. The summed E-state index contributed by atoms with van der Waals surface area (Å²) in [6.07, 6.45) is -3.93. The average Bonchev–Trinajstić information content (AvgIpc) is 3.74. The summed E-state index contributed by atoms with van der Waals surface area (Å²) in [4.78, 5) is 171. The van der Waals surface area contributed by atoms with Crippen molar-refractivity contribution in [3.05, 3.63) is 36.0 Å². The van der Waals surface area contributed by atoms with Crippen molar-refractivity contribution in [2.75, 3.05) is 18.6 Å². The summed E-state index contributed by atoms with van der Waals surface area (Å²) in [7, 11) is 0. The fraction of sp³-hybridized carbons (Fsp3) is 0.523. The van der Waals surface area contributed by atoms with Crippen LogP contribution in [0.4, 0.5) is 0 Å². The molecule has 75 heavy (non-hydrogen) atoms. The molecule has 30 nitrogen and oxygen atoms in total. The van der Waals surface area contributed by atoms with Crippen molar-refractivity contribution < 1.29 is 87.9 Å². The van der Waals surface area contributed by atoms with Gasteiger partial charge in [0, 0.05) is 36.4 Å². The standard InChI is InChI=1S/C44H64N12O18S/c1-19(45)36(65)55-30(18-57)42(71)54-28(15-31(46)59)40(69)49-24(8-10-33(61)62)37(66)53-29(16-32(47)60)41(70)52-27(14-21-17-48-23-7-5-4-6-22(21)23)39(68)50-25(9-11-34(63)64)38(67)56-35(20(2)58)43(72)51-26(44(73)74)12-13-75-3/h4-7,17,19-20,24-30,35,48,57-58H,8-16,18,45H2,1-3H3,(H2,46,59)(H2,47,60)(H,49,69)(H,50,68)(H,51,72)(H,52,70)(H,53,66)(H,54,71)(H,55,65)(H,56,67)(H,61,62)(H,63,64)(H,73,74)/t19-,20+,24-,25-,26-,27-,28-,29-,30-,35-/m0/s1. The number of amides is 10. The lowest BCUT2D eigenvalue weighted by Gasteiger charge is -2.28. The molecule has 1 heterocycles. The number of para-hydroxylation sites is 1. The van der Waals surface area contributed by atoms with Crippen LogP contribution in [0.3, 0.4) is 0 Å². The number of hydrogen-bond donors (Lipinski definition) is 17. The van der Waals surface area contributed by atoms with E-state index in [4.69, 9.17) is 17.2 Å². The predicted molar refractivity (Wildman–Crippen MR) is 262 cm³/mol. The second-order valence-electron chi connectivity index (χ2n) is 17.0. The van der Waals surface area contributed by atoms with Gasteiger partial charge in [-0.15, -0.1) is 0 Å². The molecule has 0 radical (unpaired) electrons. The van der Waals surface area contributed by atoms with Gasteiger partial charge in [-0.25, -0.2) is 4.79 Å². The molecule has 0 saturated carbocycles. The number of aliphatic hydroxyl groups is 2. The Morgan fingerprint density at radius 2 is 1.00 bits per heavy atom. The third kappa shape index (κ3) is 21.6. The number of aliphatic hydroxyl groups excluding tert-OH is 2. The van der Waals surface area contributed by atoms with Crippen molar-refractivity contribution in [3.63, 3.8) is 0 Å². The lowest BCUT2D eigenvalue weighted by atomic mass is 10.0. The summed E-state index contributed by atoms with van der Waals surface area (Å²) in [6.45, 7) is 1.33. The van der Waals surface area contributed by atoms with Gasteiger partial charge in [-0.2, -0.15) is 11.8 Å². The molecule has 10 amide bonds. The first-order chi connectivity index (χ1) is 35.2. The fourth-order valence-corrected chi connectivity index (χ4v) is 7.37. The molecule has 31 heteroatoms. The van der Waals surface area contributed by atoms with Crippen molar-refractivity contribution in [3.8, 4) is 0 Å². The molecule has 1 aromatic carbocycles. The minimum absolute atomic E-state index is 0.0396. The molecule has 2 aromatic rings. The number of hydrogen-bond acceptors (Lipinski definition) is 17. The Hall–Kier alpha value is -7.90. The van der Waals surface area contributed by atoms with Crippen LogP contribution in [-0.2, 0) is 68.7 Å². The van der Waals surface area contributed by atoms with Crippen LogP contribution in [0.15, 0.2) is 30.5 Å². The summed E-state index contributed by atoms with van der Waals surface area (Å²) < 4.78 is 0. The van der Waals surface area contributed by atoms with E-state index in [1.165, 1.54) is 24.9 Å². The van der Waals surface area contributed by atoms with E-state index in [-0.39, 0.29) is 6.42 Å². The van der Waals surface area contributed by atoms with Crippen LogP contribution in [0, 0.1) is 0 Å². The highest BCUT2D eigenvalue weighted by Crippen LogP contribution is 2.20. The van der Waals surface area contributed by atoms with Crippen LogP contribution in [0.5, 0.6) is 0 Å².